The van der Waals surface area contributed by atoms with Gasteiger partial charge in [0, 0.05) is 29.7 Å². The second-order valence-corrected chi connectivity index (χ2v) is 6.08. The third-order valence-electron chi connectivity index (χ3n) is 3.71. The van der Waals surface area contributed by atoms with E-state index in [1.165, 1.54) is 13.0 Å². The van der Waals surface area contributed by atoms with Crippen LogP contribution < -0.4 is 10.6 Å². The highest BCUT2D eigenvalue weighted by Crippen LogP contribution is 2.25. The van der Waals surface area contributed by atoms with E-state index in [4.69, 9.17) is 16.3 Å². The molecule has 128 valence electrons. The molecule has 2 amide bonds. The molecule has 0 saturated heterocycles. The number of hydrogen-bond acceptors (Lipinski definition) is 4. The summed E-state index contributed by atoms with van der Waals surface area (Å²) in [4.78, 5) is 35.4. The maximum absolute atomic E-state index is 12.4. The lowest BCUT2D eigenvalue weighted by Gasteiger charge is -2.24. The van der Waals surface area contributed by atoms with E-state index >= 15 is 0 Å². The largest absolute Gasteiger partial charge is 0.448 e. The topological polar surface area (TPSA) is 84.5 Å². The number of amides is 2. The van der Waals surface area contributed by atoms with E-state index in [-0.39, 0.29) is 12.3 Å². The number of nitrogens with one attached hydrogen (secondary N) is 2. The van der Waals surface area contributed by atoms with Crippen molar-refractivity contribution in [1.29, 1.82) is 0 Å². The summed E-state index contributed by atoms with van der Waals surface area (Å²) in [7, 11) is 0. The van der Waals surface area contributed by atoms with E-state index < -0.39 is 18.0 Å². The van der Waals surface area contributed by atoms with E-state index in [1.54, 1.807) is 36.4 Å². The van der Waals surface area contributed by atoms with Gasteiger partial charge < -0.3 is 15.4 Å². The smallest absolute Gasteiger partial charge is 0.339 e. The van der Waals surface area contributed by atoms with Crippen molar-refractivity contribution in [2.75, 3.05) is 10.6 Å². The number of hydrogen-bond donors (Lipinski definition) is 2. The average molecular weight is 359 g/mol. The summed E-state index contributed by atoms with van der Waals surface area (Å²) in [6, 6.07) is 11.6. The number of benzene rings is 2. The first-order valence-electron chi connectivity index (χ1n) is 7.60. The number of carbonyl (C=O) groups is 3. The zero-order valence-electron chi connectivity index (χ0n) is 13.3. The van der Waals surface area contributed by atoms with Crippen molar-refractivity contribution in [3.63, 3.8) is 0 Å². The standard InChI is InChI=1S/C18H15ClN2O4/c1-10(22)20-13-4-6-14(7-5-13)21-17(23)16-8-11-2-3-12(19)9-15(11)18(24)25-16/h2-7,9,16H,8H2,1H3,(H,20,22)(H,21,23). The van der Waals surface area contributed by atoms with Crippen LogP contribution in [0, 0.1) is 0 Å². The lowest BCUT2D eigenvalue weighted by Crippen LogP contribution is -2.38. The molecule has 7 heteroatoms. The minimum absolute atomic E-state index is 0.176. The van der Waals surface area contributed by atoms with Gasteiger partial charge in [-0.25, -0.2) is 4.79 Å². The molecule has 2 aromatic rings. The minimum atomic E-state index is -0.906. The van der Waals surface area contributed by atoms with Crippen molar-refractivity contribution in [3.8, 4) is 0 Å². The first-order chi connectivity index (χ1) is 11.9. The van der Waals surface area contributed by atoms with Crippen LogP contribution in [0.1, 0.15) is 22.8 Å². The summed E-state index contributed by atoms with van der Waals surface area (Å²) in [6.45, 7) is 1.41. The number of fused-ring (bicyclic) bond motifs is 1. The van der Waals surface area contributed by atoms with E-state index in [0.29, 0.717) is 22.0 Å². The molecular formula is C18H15ClN2O4. The SMILES string of the molecule is CC(=O)Nc1ccc(NC(=O)C2Cc3ccc(Cl)cc3C(=O)O2)cc1. The van der Waals surface area contributed by atoms with E-state index in [1.807, 2.05) is 0 Å². The third kappa shape index (κ3) is 3.97. The van der Waals surface area contributed by atoms with Crippen LogP contribution >= 0.6 is 11.6 Å². The highest BCUT2D eigenvalue weighted by molar-refractivity contribution is 6.31. The lowest BCUT2D eigenvalue weighted by molar-refractivity contribution is -0.125. The molecule has 1 aliphatic rings. The summed E-state index contributed by atoms with van der Waals surface area (Å²) in [6.07, 6.45) is -0.621. The van der Waals surface area contributed by atoms with Crippen LogP contribution in [0.4, 0.5) is 11.4 Å². The number of anilines is 2. The molecule has 1 heterocycles. The highest BCUT2D eigenvalue weighted by atomic mass is 35.5. The number of carbonyl (C=O) groups excluding carboxylic acids is 3. The Kier molecular flexibility index (Phi) is 4.72. The average Bonchev–Trinajstić information content (AvgIpc) is 2.56. The van der Waals surface area contributed by atoms with Crippen molar-refractivity contribution in [2.45, 2.75) is 19.4 Å². The fourth-order valence-electron chi connectivity index (χ4n) is 2.56. The molecule has 3 rings (SSSR count). The Labute approximate surface area is 149 Å². The number of ether oxygens (including phenoxy) is 1. The molecule has 0 aromatic heterocycles. The molecule has 25 heavy (non-hydrogen) atoms. The van der Waals surface area contributed by atoms with Gasteiger partial charge in [-0.1, -0.05) is 17.7 Å². The Morgan fingerprint density at radius 1 is 1.08 bits per heavy atom. The first kappa shape index (κ1) is 17.0. The predicted octanol–water partition coefficient (Wildman–Crippen LogP) is 3.02. The summed E-state index contributed by atoms with van der Waals surface area (Å²) in [5.41, 5.74) is 2.27. The van der Waals surface area contributed by atoms with Gasteiger partial charge >= 0.3 is 5.97 Å². The highest BCUT2D eigenvalue weighted by Gasteiger charge is 2.31. The van der Waals surface area contributed by atoms with Crippen molar-refractivity contribution in [2.24, 2.45) is 0 Å². The Morgan fingerprint density at radius 2 is 1.72 bits per heavy atom. The van der Waals surface area contributed by atoms with Gasteiger partial charge in [0.15, 0.2) is 6.10 Å². The molecule has 6 nitrogen and oxygen atoms in total. The zero-order chi connectivity index (χ0) is 18.0. The molecule has 0 fully saturated rings. The van der Waals surface area contributed by atoms with Crippen molar-refractivity contribution in [1.82, 2.24) is 0 Å². The normalized spacial score (nSPS) is 15.8. The summed E-state index contributed by atoms with van der Waals surface area (Å²) in [5, 5.41) is 5.78. The molecule has 2 aromatic carbocycles. The monoisotopic (exact) mass is 358 g/mol. The summed E-state index contributed by atoms with van der Waals surface area (Å²) < 4.78 is 5.21. The van der Waals surface area contributed by atoms with Crippen LogP contribution in [0.5, 0.6) is 0 Å². The van der Waals surface area contributed by atoms with Gasteiger partial charge in [-0.15, -0.1) is 0 Å². The maximum atomic E-state index is 12.4. The van der Waals surface area contributed by atoms with Gasteiger partial charge in [0.2, 0.25) is 5.91 Å². The number of esters is 1. The molecule has 2 N–H and O–H groups in total. The Bertz CT molecular complexity index is 849. The molecule has 1 aliphatic heterocycles. The quantitative estimate of drug-likeness (QED) is 0.826. The second-order valence-electron chi connectivity index (χ2n) is 5.65. The predicted molar refractivity (Wildman–Crippen MR) is 93.7 cm³/mol. The van der Waals surface area contributed by atoms with Gasteiger partial charge in [0.25, 0.3) is 5.91 Å². The van der Waals surface area contributed by atoms with Crippen LogP contribution in [0.15, 0.2) is 42.5 Å². The van der Waals surface area contributed by atoms with Crippen LogP contribution in [0.3, 0.4) is 0 Å². The van der Waals surface area contributed by atoms with Crippen LogP contribution in [0.2, 0.25) is 5.02 Å². The fraction of sp³-hybridized carbons (Fsp3) is 0.167. The summed E-state index contributed by atoms with van der Waals surface area (Å²) >= 11 is 5.88. The molecule has 1 atom stereocenters. The third-order valence-corrected chi connectivity index (χ3v) is 3.95. The Hall–Kier alpha value is -2.86. The Balaban J connectivity index is 1.69. The molecule has 1 unspecified atom stereocenters. The van der Waals surface area contributed by atoms with Gasteiger partial charge in [0.1, 0.15) is 0 Å². The molecule has 0 bridgehead atoms. The second kappa shape index (κ2) is 6.94. The van der Waals surface area contributed by atoms with Crippen LogP contribution in [-0.2, 0) is 20.7 Å². The van der Waals surface area contributed by atoms with Crippen molar-refractivity contribution >= 4 is 40.8 Å². The van der Waals surface area contributed by atoms with Crippen LogP contribution in [0.25, 0.3) is 0 Å². The van der Waals surface area contributed by atoms with Gasteiger partial charge in [0.05, 0.1) is 5.56 Å². The van der Waals surface area contributed by atoms with Gasteiger partial charge in [-0.3, -0.25) is 9.59 Å². The maximum Gasteiger partial charge on any atom is 0.339 e. The Morgan fingerprint density at radius 3 is 2.36 bits per heavy atom. The van der Waals surface area contributed by atoms with E-state index in [2.05, 4.69) is 10.6 Å². The van der Waals surface area contributed by atoms with E-state index in [9.17, 15) is 14.4 Å². The number of rotatable bonds is 3. The van der Waals surface area contributed by atoms with E-state index in [0.717, 1.165) is 5.56 Å². The number of cyclic esters (lactones) is 1. The minimum Gasteiger partial charge on any atom is -0.448 e. The number of halogens is 1. The molecule has 0 radical (unpaired) electrons. The fourth-order valence-corrected chi connectivity index (χ4v) is 2.73. The summed E-state index contributed by atoms with van der Waals surface area (Å²) in [5.74, 6) is -1.16. The molecule has 0 spiro atoms. The zero-order valence-corrected chi connectivity index (χ0v) is 14.1. The van der Waals surface area contributed by atoms with Crippen molar-refractivity contribution in [3.05, 3.63) is 58.6 Å². The molecule has 0 aliphatic carbocycles. The van der Waals surface area contributed by atoms with Crippen LogP contribution in [-0.4, -0.2) is 23.9 Å². The van der Waals surface area contributed by atoms with Gasteiger partial charge in [-0.2, -0.15) is 0 Å². The molecule has 0 saturated carbocycles. The molecular weight excluding hydrogens is 344 g/mol. The van der Waals surface area contributed by atoms with Gasteiger partial charge in [-0.05, 0) is 42.0 Å². The van der Waals surface area contributed by atoms with Crippen molar-refractivity contribution < 1.29 is 19.1 Å². The lowest BCUT2D eigenvalue weighted by atomic mass is 9.98. The first-order valence-corrected chi connectivity index (χ1v) is 7.98.